The second-order valence-corrected chi connectivity index (χ2v) is 4.29. The summed E-state index contributed by atoms with van der Waals surface area (Å²) in [7, 11) is 3.76. The molecule has 0 radical (unpaired) electrons. The predicted octanol–water partition coefficient (Wildman–Crippen LogP) is 1.12. The van der Waals surface area contributed by atoms with Crippen LogP contribution in [0.1, 0.15) is 17.8 Å². The van der Waals surface area contributed by atoms with Gasteiger partial charge >= 0.3 is 0 Å². The summed E-state index contributed by atoms with van der Waals surface area (Å²) < 4.78 is 0. The fraction of sp³-hybridized carbons (Fsp3) is 0.556. The molecule has 1 aromatic heterocycles. The molecule has 0 bridgehead atoms. The van der Waals surface area contributed by atoms with E-state index < -0.39 is 0 Å². The normalized spacial score (nSPS) is 14.1. The minimum atomic E-state index is 0.341. The van der Waals surface area contributed by atoms with Gasteiger partial charge in [-0.15, -0.1) is 11.3 Å². The van der Waals surface area contributed by atoms with Crippen molar-refractivity contribution in [2.75, 3.05) is 20.6 Å². The zero-order valence-corrected chi connectivity index (χ0v) is 9.58. The lowest BCUT2D eigenvalue weighted by Gasteiger charge is -2.11. The number of hydrogen-bond donors (Lipinski definition) is 1. The Morgan fingerprint density at radius 2 is 2.43 bits per heavy atom. The number of nitrogens with zero attached hydrogens (tertiary/aromatic N) is 3. The molecular weight excluding hydrogens is 196 g/mol. The van der Waals surface area contributed by atoms with Gasteiger partial charge < -0.3 is 10.6 Å². The first kappa shape index (κ1) is 11.0. The molecule has 0 amide bonds. The molecule has 5 heteroatoms. The standard InChI is InChI=1S/C9H16N4S/c1-7(8-11-4-5-14-8)6-12-9(10)13(2)3/h4-5,7H,6H2,1-3H3,(H2,10,12)/t7-/m1/s1. The molecule has 0 aliphatic rings. The van der Waals surface area contributed by atoms with E-state index in [0.717, 1.165) is 5.01 Å². The van der Waals surface area contributed by atoms with Gasteiger partial charge in [-0.2, -0.15) is 0 Å². The van der Waals surface area contributed by atoms with Crippen LogP contribution in [-0.2, 0) is 0 Å². The minimum Gasteiger partial charge on any atom is -0.370 e. The van der Waals surface area contributed by atoms with E-state index in [9.17, 15) is 0 Å². The first-order valence-corrected chi connectivity index (χ1v) is 5.36. The van der Waals surface area contributed by atoms with Crippen LogP contribution in [0.3, 0.4) is 0 Å². The quantitative estimate of drug-likeness (QED) is 0.603. The molecule has 0 unspecified atom stereocenters. The van der Waals surface area contributed by atoms with Gasteiger partial charge in [-0.3, -0.25) is 4.99 Å². The van der Waals surface area contributed by atoms with E-state index in [1.165, 1.54) is 0 Å². The maximum atomic E-state index is 5.68. The van der Waals surface area contributed by atoms with Gasteiger partial charge in [0.25, 0.3) is 0 Å². The number of aliphatic imine (C=N–C) groups is 1. The Balaban J connectivity index is 2.50. The Kier molecular flexibility index (Phi) is 3.88. The second-order valence-electron chi connectivity index (χ2n) is 3.36. The zero-order chi connectivity index (χ0) is 10.6. The van der Waals surface area contributed by atoms with E-state index in [4.69, 9.17) is 5.73 Å². The highest BCUT2D eigenvalue weighted by molar-refractivity contribution is 7.09. The van der Waals surface area contributed by atoms with Crippen LogP contribution in [0.5, 0.6) is 0 Å². The van der Waals surface area contributed by atoms with Crippen molar-refractivity contribution in [1.29, 1.82) is 0 Å². The monoisotopic (exact) mass is 212 g/mol. The molecule has 1 aromatic rings. The summed E-state index contributed by atoms with van der Waals surface area (Å²) in [5.41, 5.74) is 5.68. The summed E-state index contributed by atoms with van der Waals surface area (Å²) in [6, 6.07) is 0. The molecule has 0 aromatic carbocycles. The molecule has 0 fully saturated rings. The Bertz CT molecular complexity index is 292. The molecule has 2 N–H and O–H groups in total. The van der Waals surface area contributed by atoms with Crippen LogP contribution in [0, 0.1) is 0 Å². The maximum Gasteiger partial charge on any atom is 0.190 e. The topological polar surface area (TPSA) is 54.5 Å². The molecule has 0 spiro atoms. The third-order valence-electron chi connectivity index (χ3n) is 1.86. The number of hydrogen-bond acceptors (Lipinski definition) is 3. The van der Waals surface area contributed by atoms with Crippen LogP contribution in [0.4, 0.5) is 0 Å². The van der Waals surface area contributed by atoms with Crippen LogP contribution >= 0.6 is 11.3 Å². The summed E-state index contributed by atoms with van der Waals surface area (Å²) in [6.07, 6.45) is 1.81. The van der Waals surface area contributed by atoms with Crippen LogP contribution in [0.2, 0.25) is 0 Å². The van der Waals surface area contributed by atoms with Crippen molar-refractivity contribution in [2.24, 2.45) is 10.7 Å². The van der Waals surface area contributed by atoms with Gasteiger partial charge in [0.05, 0.1) is 11.6 Å². The number of guanidine groups is 1. The van der Waals surface area contributed by atoms with Crippen molar-refractivity contribution in [3.8, 4) is 0 Å². The Morgan fingerprint density at radius 3 is 2.93 bits per heavy atom. The highest BCUT2D eigenvalue weighted by atomic mass is 32.1. The fourth-order valence-electron chi connectivity index (χ4n) is 0.928. The summed E-state index contributed by atoms with van der Waals surface area (Å²) in [5.74, 6) is 0.905. The van der Waals surface area contributed by atoms with Gasteiger partial charge in [0, 0.05) is 31.6 Å². The molecule has 0 saturated heterocycles. The average Bonchev–Trinajstić information content (AvgIpc) is 2.66. The van der Waals surface area contributed by atoms with Crippen LogP contribution in [-0.4, -0.2) is 36.5 Å². The molecule has 78 valence electrons. The zero-order valence-electron chi connectivity index (χ0n) is 8.77. The molecule has 1 heterocycles. The van der Waals surface area contributed by atoms with Gasteiger partial charge in [-0.05, 0) is 0 Å². The third-order valence-corrected chi connectivity index (χ3v) is 2.87. The third kappa shape index (κ3) is 2.99. The Hall–Kier alpha value is -1.10. The lowest BCUT2D eigenvalue weighted by Crippen LogP contribution is -2.30. The molecule has 1 atom stereocenters. The van der Waals surface area contributed by atoms with E-state index >= 15 is 0 Å². The summed E-state index contributed by atoms with van der Waals surface area (Å²) >= 11 is 1.66. The molecule has 0 aliphatic carbocycles. The van der Waals surface area contributed by atoms with Gasteiger partial charge in [-0.1, -0.05) is 6.92 Å². The molecule has 4 nitrogen and oxygen atoms in total. The van der Waals surface area contributed by atoms with E-state index in [1.807, 2.05) is 25.7 Å². The van der Waals surface area contributed by atoms with Crippen molar-refractivity contribution in [2.45, 2.75) is 12.8 Å². The molecule has 1 rings (SSSR count). The van der Waals surface area contributed by atoms with Crippen molar-refractivity contribution in [3.63, 3.8) is 0 Å². The fourth-order valence-corrected chi connectivity index (χ4v) is 1.62. The lowest BCUT2D eigenvalue weighted by molar-refractivity contribution is 0.605. The average molecular weight is 212 g/mol. The van der Waals surface area contributed by atoms with Crippen molar-refractivity contribution >= 4 is 17.3 Å². The van der Waals surface area contributed by atoms with Gasteiger partial charge in [0.2, 0.25) is 0 Å². The number of thiazole rings is 1. The van der Waals surface area contributed by atoms with Gasteiger partial charge in [-0.25, -0.2) is 4.98 Å². The summed E-state index contributed by atoms with van der Waals surface area (Å²) in [6.45, 7) is 2.79. The predicted molar refractivity (Wildman–Crippen MR) is 60.7 cm³/mol. The largest absolute Gasteiger partial charge is 0.370 e. The number of rotatable bonds is 3. The van der Waals surface area contributed by atoms with Crippen molar-refractivity contribution in [3.05, 3.63) is 16.6 Å². The van der Waals surface area contributed by atoms with E-state index in [1.54, 1.807) is 16.2 Å². The smallest absolute Gasteiger partial charge is 0.190 e. The minimum absolute atomic E-state index is 0.341. The Labute approximate surface area is 88.5 Å². The SMILES string of the molecule is C[C@H](CN=C(N)N(C)C)c1nccs1. The second kappa shape index (κ2) is 4.95. The van der Waals surface area contributed by atoms with E-state index in [2.05, 4.69) is 16.9 Å². The van der Waals surface area contributed by atoms with Crippen LogP contribution < -0.4 is 5.73 Å². The van der Waals surface area contributed by atoms with Crippen molar-refractivity contribution < 1.29 is 0 Å². The molecule has 0 aliphatic heterocycles. The molecular formula is C9H16N4S. The van der Waals surface area contributed by atoms with Crippen LogP contribution in [0.25, 0.3) is 0 Å². The molecule has 0 saturated carbocycles. The first-order valence-electron chi connectivity index (χ1n) is 4.48. The lowest BCUT2D eigenvalue weighted by atomic mass is 10.2. The summed E-state index contributed by atoms with van der Waals surface area (Å²) in [4.78, 5) is 10.3. The molecule has 14 heavy (non-hydrogen) atoms. The Morgan fingerprint density at radius 1 is 1.71 bits per heavy atom. The summed E-state index contributed by atoms with van der Waals surface area (Å²) in [5, 5.41) is 3.09. The number of aromatic nitrogens is 1. The highest BCUT2D eigenvalue weighted by Gasteiger charge is 2.07. The van der Waals surface area contributed by atoms with Gasteiger partial charge in [0.15, 0.2) is 5.96 Å². The van der Waals surface area contributed by atoms with Gasteiger partial charge in [0.1, 0.15) is 0 Å². The van der Waals surface area contributed by atoms with E-state index in [-0.39, 0.29) is 0 Å². The number of nitrogens with two attached hydrogens (primary N) is 1. The van der Waals surface area contributed by atoms with Crippen molar-refractivity contribution in [1.82, 2.24) is 9.88 Å². The van der Waals surface area contributed by atoms with Crippen LogP contribution in [0.15, 0.2) is 16.6 Å². The maximum absolute atomic E-state index is 5.68. The highest BCUT2D eigenvalue weighted by Crippen LogP contribution is 2.17. The first-order chi connectivity index (χ1) is 6.61. The van der Waals surface area contributed by atoms with E-state index in [0.29, 0.717) is 18.4 Å².